The maximum Gasteiger partial charge on any atom is 0.319 e. The third kappa shape index (κ3) is 5.80. The van der Waals surface area contributed by atoms with Crippen LogP contribution in [0.3, 0.4) is 0 Å². The van der Waals surface area contributed by atoms with Crippen LogP contribution in [0.4, 0.5) is 14.9 Å². The van der Waals surface area contributed by atoms with Crippen LogP contribution in [-0.2, 0) is 12.8 Å². The van der Waals surface area contributed by atoms with Gasteiger partial charge in [-0.15, -0.1) is 0 Å². The Labute approximate surface area is 162 Å². The van der Waals surface area contributed by atoms with E-state index < -0.39 is 0 Å². The zero-order valence-corrected chi connectivity index (χ0v) is 15.5. The first-order chi connectivity index (χ1) is 13.6. The van der Waals surface area contributed by atoms with E-state index >= 15 is 0 Å². The molecule has 0 fully saturated rings. The van der Waals surface area contributed by atoms with Gasteiger partial charge in [-0.25, -0.2) is 14.2 Å². The molecule has 3 aromatic rings. The number of halogens is 1. The van der Waals surface area contributed by atoms with Crippen LogP contribution in [0.5, 0.6) is 5.75 Å². The summed E-state index contributed by atoms with van der Waals surface area (Å²) in [4.78, 5) is 16.3. The number of carbonyl (C=O) groups excluding carboxylic acids is 1. The number of ether oxygens (including phenoxy) is 1. The molecule has 0 spiro atoms. The van der Waals surface area contributed by atoms with Crippen molar-refractivity contribution in [2.75, 3.05) is 18.5 Å². The number of benzene rings is 2. The lowest BCUT2D eigenvalue weighted by atomic mass is 10.1. The van der Waals surface area contributed by atoms with Crippen LogP contribution in [0.2, 0.25) is 0 Å². The minimum atomic E-state index is -0.300. The summed E-state index contributed by atoms with van der Waals surface area (Å²) in [6.45, 7) is 2.91. The van der Waals surface area contributed by atoms with Gasteiger partial charge in [0, 0.05) is 25.1 Å². The van der Waals surface area contributed by atoms with E-state index in [2.05, 4.69) is 25.8 Å². The van der Waals surface area contributed by atoms with Gasteiger partial charge in [-0.3, -0.25) is 5.10 Å². The van der Waals surface area contributed by atoms with Crippen molar-refractivity contribution in [2.24, 2.45) is 0 Å². The Morgan fingerprint density at radius 2 is 1.89 bits per heavy atom. The highest BCUT2D eigenvalue weighted by molar-refractivity contribution is 5.89. The van der Waals surface area contributed by atoms with Crippen molar-refractivity contribution in [1.29, 1.82) is 0 Å². The van der Waals surface area contributed by atoms with E-state index in [1.807, 2.05) is 6.92 Å². The van der Waals surface area contributed by atoms with E-state index in [0.29, 0.717) is 43.3 Å². The molecule has 3 N–H and O–H groups in total. The summed E-state index contributed by atoms with van der Waals surface area (Å²) < 4.78 is 18.3. The number of aromatic nitrogens is 3. The van der Waals surface area contributed by atoms with E-state index in [1.54, 1.807) is 36.4 Å². The third-order valence-corrected chi connectivity index (χ3v) is 3.92. The highest BCUT2D eigenvalue weighted by Crippen LogP contribution is 2.15. The van der Waals surface area contributed by atoms with Gasteiger partial charge in [-0.2, -0.15) is 5.10 Å². The smallest absolute Gasteiger partial charge is 0.319 e. The standard InChI is InChI=1S/C20H22FN5O2/c1-2-28-17-9-7-16(8-10-17)23-20(27)22-12-11-18-24-19(26-25-18)13-14-3-5-15(21)6-4-14/h3-10H,2,11-13H2,1H3,(H2,22,23,27)(H,24,25,26). The van der Waals surface area contributed by atoms with Gasteiger partial charge in [0.15, 0.2) is 5.82 Å². The molecule has 0 saturated heterocycles. The van der Waals surface area contributed by atoms with Gasteiger partial charge in [-0.1, -0.05) is 12.1 Å². The molecule has 1 heterocycles. The summed E-state index contributed by atoms with van der Waals surface area (Å²) in [5.41, 5.74) is 1.62. The number of rotatable bonds is 8. The molecule has 28 heavy (non-hydrogen) atoms. The van der Waals surface area contributed by atoms with Crippen LogP contribution in [-0.4, -0.2) is 34.4 Å². The predicted molar refractivity (Wildman–Crippen MR) is 104 cm³/mol. The molecule has 7 nitrogen and oxygen atoms in total. The minimum Gasteiger partial charge on any atom is -0.494 e. The molecule has 2 amide bonds. The molecule has 3 rings (SSSR count). The molecule has 0 atom stereocenters. The summed E-state index contributed by atoms with van der Waals surface area (Å²) in [7, 11) is 0. The first kappa shape index (κ1) is 19.3. The van der Waals surface area contributed by atoms with Crippen LogP contribution in [0.15, 0.2) is 48.5 Å². The maximum atomic E-state index is 12.9. The van der Waals surface area contributed by atoms with Gasteiger partial charge in [0.1, 0.15) is 17.4 Å². The Kier molecular flexibility index (Phi) is 6.56. The summed E-state index contributed by atoms with van der Waals surface area (Å²) in [6.07, 6.45) is 1.04. The third-order valence-electron chi connectivity index (χ3n) is 3.92. The minimum absolute atomic E-state index is 0.267. The van der Waals surface area contributed by atoms with Gasteiger partial charge in [0.25, 0.3) is 0 Å². The molecule has 0 aliphatic carbocycles. The van der Waals surface area contributed by atoms with Crippen molar-refractivity contribution in [2.45, 2.75) is 19.8 Å². The second kappa shape index (κ2) is 9.50. The number of carbonyl (C=O) groups is 1. The quantitative estimate of drug-likeness (QED) is 0.557. The lowest BCUT2D eigenvalue weighted by molar-refractivity contribution is 0.252. The number of hydrogen-bond donors (Lipinski definition) is 3. The van der Waals surface area contributed by atoms with Crippen molar-refractivity contribution >= 4 is 11.7 Å². The summed E-state index contributed by atoms with van der Waals surface area (Å²) in [5, 5.41) is 12.5. The van der Waals surface area contributed by atoms with Crippen molar-refractivity contribution in [3.8, 4) is 5.75 Å². The van der Waals surface area contributed by atoms with Crippen molar-refractivity contribution in [1.82, 2.24) is 20.5 Å². The SMILES string of the molecule is CCOc1ccc(NC(=O)NCCc2n[nH]c(Cc3ccc(F)cc3)n2)cc1. The fourth-order valence-electron chi connectivity index (χ4n) is 2.59. The Bertz CT molecular complexity index is 894. The number of hydrogen-bond acceptors (Lipinski definition) is 4. The zero-order chi connectivity index (χ0) is 19.8. The molecule has 0 aliphatic rings. The Hall–Kier alpha value is -3.42. The zero-order valence-electron chi connectivity index (χ0n) is 15.5. The number of aromatic amines is 1. The highest BCUT2D eigenvalue weighted by Gasteiger charge is 2.06. The summed E-state index contributed by atoms with van der Waals surface area (Å²) >= 11 is 0. The number of anilines is 1. The molecule has 8 heteroatoms. The van der Waals surface area contributed by atoms with Crippen molar-refractivity contribution in [3.05, 3.63) is 71.6 Å². The van der Waals surface area contributed by atoms with E-state index in [9.17, 15) is 9.18 Å². The van der Waals surface area contributed by atoms with Gasteiger partial charge in [0.2, 0.25) is 0 Å². The fraction of sp³-hybridized carbons (Fsp3) is 0.250. The number of nitrogens with zero attached hydrogens (tertiary/aromatic N) is 2. The molecule has 2 aromatic carbocycles. The Balaban J connectivity index is 1.41. The topological polar surface area (TPSA) is 91.9 Å². The average Bonchev–Trinajstić information content (AvgIpc) is 3.13. The normalized spacial score (nSPS) is 10.5. The molecule has 0 radical (unpaired) electrons. The molecule has 0 unspecified atom stereocenters. The number of urea groups is 1. The lowest BCUT2D eigenvalue weighted by Crippen LogP contribution is -2.30. The van der Waals surface area contributed by atoms with Crippen molar-refractivity contribution in [3.63, 3.8) is 0 Å². The van der Waals surface area contributed by atoms with Gasteiger partial charge < -0.3 is 15.4 Å². The first-order valence-electron chi connectivity index (χ1n) is 9.04. The number of H-pyrrole nitrogens is 1. The number of amides is 2. The molecule has 0 aliphatic heterocycles. The second-order valence-electron chi connectivity index (χ2n) is 6.09. The monoisotopic (exact) mass is 383 g/mol. The molecular weight excluding hydrogens is 361 g/mol. The second-order valence-corrected chi connectivity index (χ2v) is 6.09. The predicted octanol–water partition coefficient (Wildman–Crippen LogP) is 3.30. The average molecular weight is 383 g/mol. The Morgan fingerprint density at radius 1 is 1.14 bits per heavy atom. The lowest BCUT2D eigenvalue weighted by Gasteiger charge is -2.08. The van der Waals surface area contributed by atoms with Crippen LogP contribution < -0.4 is 15.4 Å². The fourth-order valence-corrected chi connectivity index (χ4v) is 2.59. The first-order valence-corrected chi connectivity index (χ1v) is 9.04. The molecule has 1 aromatic heterocycles. The van der Waals surface area contributed by atoms with Gasteiger partial charge >= 0.3 is 6.03 Å². The maximum absolute atomic E-state index is 12.9. The van der Waals surface area contributed by atoms with E-state index in [1.165, 1.54) is 12.1 Å². The molecule has 0 saturated carbocycles. The van der Waals surface area contributed by atoms with Crippen molar-refractivity contribution < 1.29 is 13.9 Å². The number of nitrogens with one attached hydrogen (secondary N) is 3. The van der Waals surface area contributed by atoms with Crippen LogP contribution in [0.1, 0.15) is 24.1 Å². The Morgan fingerprint density at radius 3 is 2.61 bits per heavy atom. The van der Waals surface area contributed by atoms with Crippen LogP contribution in [0, 0.1) is 5.82 Å². The van der Waals surface area contributed by atoms with E-state index in [0.717, 1.165) is 11.3 Å². The van der Waals surface area contributed by atoms with E-state index in [-0.39, 0.29) is 11.8 Å². The van der Waals surface area contributed by atoms with Gasteiger partial charge in [-0.05, 0) is 48.9 Å². The van der Waals surface area contributed by atoms with Crippen LogP contribution in [0.25, 0.3) is 0 Å². The molecule has 0 bridgehead atoms. The van der Waals surface area contributed by atoms with Gasteiger partial charge in [0.05, 0.1) is 6.61 Å². The molecule has 146 valence electrons. The van der Waals surface area contributed by atoms with E-state index in [4.69, 9.17) is 4.74 Å². The molecular formula is C20H22FN5O2. The summed E-state index contributed by atoms with van der Waals surface area (Å²) in [6, 6.07) is 13.1. The largest absolute Gasteiger partial charge is 0.494 e. The summed E-state index contributed by atoms with van der Waals surface area (Å²) in [5.74, 6) is 1.80. The highest BCUT2D eigenvalue weighted by atomic mass is 19.1. The van der Waals surface area contributed by atoms with Crippen LogP contribution >= 0.6 is 0 Å².